The predicted molar refractivity (Wildman–Crippen MR) is 87.0 cm³/mol. The Hall–Kier alpha value is -2.35. The van der Waals surface area contributed by atoms with Crippen molar-refractivity contribution in [2.24, 2.45) is 5.92 Å². The summed E-state index contributed by atoms with van der Waals surface area (Å²) in [6.07, 6.45) is 7.06. The second kappa shape index (κ2) is 6.40. The van der Waals surface area contributed by atoms with Crippen molar-refractivity contribution in [3.05, 3.63) is 66.7 Å². The maximum absolute atomic E-state index is 12.2. The number of anilines is 1. The lowest BCUT2D eigenvalue weighted by molar-refractivity contribution is -0.120. The number of nitrogens with one attached hydrogen (secondary N) is 1. The molecule has 0 bridgehead atoms. The van der Waals surface area contributed by atoms with E-state index in [1.165, 1.54) is 5.56 Å². The zero-order chi connectivity index (χ0) is 14.5. The normalized spacial score (nSPS) is 17.4. The highest BCUT2D eigenvalue weighted by atomic mass is 16.1. The Kier molecular flexibility index (Phi) is 4.15. The number of amides is 1. The fourth-order valence-electron chi connectivity index (χ4n) is 2.65. The molecule has 21 heavy (non-hydrogen) atoms. The third-order valence-electron chi connectivity index (χ3n) is 3.90. The Morgan fingerprint density at radius 1 is 0.905 bits per heavy atom. The van der Waals surface area contributed by atoms with Gasteiger partial charge in [-0.2, -0.15) is 0 Å². The molecule has 2 nitrogen and oxygen atoms in total. The van der Waals surface area contributed by atoms with Gasteiger partial charge in [0.2, 0.25) is 5.91 Å². The molecule has 3 rings (SSSR count). The molecule has 2 aromatic carbocycles. The Bertz CT molecular complexity index is 628. The van der Waals surface area contributed by atoms with E-state index in [2.05, 4.69) is 29.6 Å². The van der Waals surface area contributed by atoms with Crippen molar-refractivity contribution in [2.75, 3.05) is 5.32 Å². The van der Waals surface area contributed by atoms with Gasteiger partial charge in [0, 0.05) is 11.6 Å². The van der Waals surface area contributed by atoms with Crippen LogP contribution in [0.2, 0.25) is 0 Å². The van der Waals surface area contributed by atoms with Gasteiger partial charge in [-0.05, 0) is 42.5 Å². The summed E-state index contributed by atoms with van der Waals surface area (Å²) in [4.78, 5) is 12.2. The second-order valence-electron chi connectivity index (χ2n) is 5.41. The first-order valence-corrected chi connectivity index (χ1v) is 7.44. The molecule has 0 radical (unpaired) electrons. The van der Waals surface area contributed by atoms with Gasteiger partial charge in [0.15, 0.2) is 0 Å². The van der Waals surface area contributed by atoms with E-state index in [0.717, 1.165) is 30.5 Å². The maximum Gasteiger partial charge on any atom is 0.227 e. The average molecular weight is 277 g/mol. The Balaban J connectivity index is 1.67. The quantitative estimate of drug-likeness (QED) is 0.813. The topological polar surface area (TPSA) is 29.1 Å². The molecule has 1 atom stereocenters. The molecular weight excluding hydrogens is 258 g/mol. The summed E-state index contributed by atoms with van der Waals surface area (Å²) in [5.41, 5.74) is 3.22. The third-order valence-corrected chi connectivity index (χ3v) is 3.90. The SMILES string of the molecule is O=C(Nc1ccc(-c2ccccc2)cc1)[C@@H]1CC=CCC1. The first-order valence-electron chi connectivity index (χ1n) is 7.44. The molecule has 0 unspecified atom stereocenters. The monoisotopic (exact) mass is 277 g/mol. The van der Waals surface area contributed by atoms with E-state index in [0.29, 0.717) is 0 Å². The van der Waals surface area contributed by atoms with Crippen LogP contribution < -0.4 is 5.32 Å². The summed E-state index contributed by atoms with van der Waals surface area (Å²) in [5, 5.41) is 3.02. The van der Waals surface area contributed by atoms with Gasteiger partial charge in [0.05, 0.1) is 0 Å². The van der Waals surface area contributed by atoms with Crippen molar-refractivity contribution >= 4 is 11.6 Å². The van der Waals surface area contributed by atoms with Crippen molar-refractivity contribution < 1.29 is 4.79 Å². The zero-order valence-electron chi connectivity index (χ0n) is 12.0. The number of benzene rings is 2. The first kappa shape index (κ1) is 13.6. The van der Waals surface area contributed by atoms with Crippen molar-refractivity contribution in [3.8, 4) is 11.1 Å². The number of rotatable bonds is 3. The van der Waals surface area contributed by atoms with E-state index in [4.69, 9.17) is 0 Å². The number of carbonyl (C=O) groups is 1. The van der Waals surface area contributed by atoms with Gasteiger partial charge >= 0.3 is 0 Å². The van der Waals surface area contributed by atoms with Gasteiger partial charge in [0.1, 0.15) is 0 Å². The summed E-state index contributed by atoms with van der Waals surface area (Å²) in [7, 11) is 0. The Labute approximate surface area is 125 Å². The summed E-state index contributed by atoms with van der Waals surface area (Å²) in [6, 6.07) is 18.3. The zero-order valence-corrected chi connectivity index (χ0v) is 12.0. The van der Waals surface area contributed by atoms with Crippen LogP contribution in [-0.2, 0) is 4.79 Å². The molecular formula is C19H19NO. The highest BCUT2D eigenvalue weighted by molar-refractivity contribution is 5.93. The molecule has 1 N–H and O–H groups in total. The van der Waals surface area contributed by atoms with Crippen LogP contribution >= 0.6 is 0 Å². The summed E-state index contributed by atoms with van der Waals surface area (Å²) < 4.78 is 0. The van der Waals surface area contributed by atoms with Crippen LogP contribution in [0.4, 0.5) is 5.69 Å². The minimum Gasteiger partial charge on any atom is -0.326 e. The molecule has 0 fully saturated rings. The molecule has 2 aromatic rings. The van der Waals surface area contributed by atoms with E-state index in [1.54, 1.807) is 0 Å². The lowest BCUT2D eigenvalue weighted by Gasteiger charge is -2.17. The van der Waals surface area contributed by atoms with Crippen LogP contribution in [0.5, 0.6) is 0 Å². The molecule has 0 aromatic heterocycles. The summed E-state index contributed by atoms with van der Waals surface area (Å²) >= 11 is 0. The van der Waals surface area contributed by atoms with Crippen LogP contribution in [0.1, 0.15) is 19.3 Å². The molecule has 0 saturated heterocycles. The van der Waals surface area contributed by atoms with Crippen LogP contribution in [0.3, 0.4) is 0 Å². The van der Waals surface area contributed by atoms with E-state index in [1.807, 2.05) is 42.5 Å². The minimum atomic E-state index is 0.115. The van der Waals surface area contributed by atoms with Crippen molar-refractivity contribution in [2.45, 2.75) is 19.3 Å². The van der Waals surface area contributed by atoms with Crippen molar-refractivity contribution in [1.82, 2.24) is 0 Å². The molecule has 0 aliphatic heterocycles. The van der Waals surface area contributed by atoms with Crippen LogP contribution in [0, 0.1) is 5.92 Å². The fraction of sp³-hybridized carbons (Fsp3) is 0.211. The van der Waals surface area contributed by atoms with Crippen LogP contribution in [-0.4, -0.2) is 5.91 Å². The molecule has 1 aliphatic carbocycles. The van der Waals surface area contributed by atoms with E-state index in [-0.39, 0.29) is 11.8 Å². The predicted octanol–water partition coefficient (Wildman–Crippen LogP) is 4.65. The van der Waals surface area contributed by atoms with E-state index < -0.39 is 0 Å². The lowest BCUT2D eigenvalue weighted by Crippen LogP contribution is -2.23. The first-order chi connectivity index (χ1) is 10.3. The van der Waals surface area contributed by atoms with E-state index >= 15 is 0 Å². The number of allylic oxidation sites excluding steroid dienone is 2. The van der Waals surface area contributed by atoms with E-state index in [9.17, 15) is 4.79 Å². The molecule has 1 aliphatic rings. The molecule has 0 spiro atoms. The molecule has 1 amide bonds. The number of carbonyl (C=O) groups excluding carboxylic acids is 1. The van der Waals surface area contributed by atoms with Crippen LogP contribution in [0.25, 0.3) is 11.1 Å². The molecule has 0 heterocycles. The van der Waals surface area contributed by atoms with Crippen molar-refractivity contribution in [1.29, 1.82) is 0 Å². The smallest absolute Gasteiger partial charge is 0.227 e. The molecule has 0 saturated carbocycles. The van der Waals surface area contributed by atoms with Gasteiger partial charge in [-0.1, -0.05) is 54.6 Å². The van der Waals surface area contributed by atoms with Gasteiger partial charge in [-0.15, -0.1) is 0 Å². The second-order valence-corrected chi connectivity index (χ2v) is 5.41. The number of hydrogen-bond donors (Lipinski definition) is 1. The highest BCUT2D eigenvalue weighted by Crippen LogP contribution is 2.23. The van der Waals surface area contributed by atoms with Crippen molar-refractivity contribution in [3.63, 3.8) is 0 Å². The van der Waals surface area contributed by atoms with Gasteiger partial charge < -0.3 is 5.32 Å². The van der Waals surface area contributed by atoms with Crippen LogP contribution in [0.15, 0.2) is 66.7 Å². The largest absolute Gasteiger partial charge is 0.326 e. The lowest BCUT2D eigenvalue weighted by atomic mass is 9.93. The maximum atomic E-state index is 12.2. The average Bonchev–Trinajstić information content (AvgIpc) is 2.57. The summed E-state index contributed by atoms with van der Waals surface area (Å²) in [5.74, 6) is 0.246. The van der Waals surface area contributed by atoms with Gasteiger partial charge in [-0.25, -0.2) is 0 Å². The number of hydrogen-bond acceptors (Lipinski definition) is 1. The highest BCUT2D eigenvalue weighted by Gasteiger charge is 2.18. The standard InChI is InChI=1S/C19H19NO/c21-19(17-9-5-2-6-10-17)20-18-13-11-16(12-14-18)15-7-3-1-4-8-15/h1-5,7-8,11-14,17H,6,9-10H2,(H,20,21)/t17-/m1/s1. The Morgan fingerprint density at radius 3 is 2.29 bits per heavy atom. The summed E-state index contributed by atoms with van der Waals surface area (Å²) in [6.45, 7) is 0. The van der Waals surface area contributed by atoms with Gasteiger partial charge in [-0.3, -0.25) is 4.79 Å². The molecule has 2 heteroatoms. The minimum absolute atomic E-state index is 0.115. The molecule has 106 valence electrons. The van der Waals surface area contributed by atoms with Gasteiger partial charge in [0.25, 0.3) is 0 Å². The fourth-order valence-corrected chi connectivity index (χ4v) is 2.65. The Morgan fingerprint density at radius 2 is 1.62 bits per heavy atom. The third kappa shape index (κ3) is 3.40.